The third kappa shape index (κ3) is 3.06. The van der Waals surface area contributed by atoms with Crippen molar-refractivity contribution in [3.05, 3.63) is 71.5 Å². The molecule has 0 atom stereocenters. The Balaban J connectivity index is 1.70. The summed E-state index contributed by atoms with van der Waals surface area (Å²) in [5, 5.41) is 3.29. The molecule has 0 radical (unpaired) electrons. The van der Waals surface area contributed by atoms with Crippen molar-refractivity contribution in [2.45, 2.75) is 6.54 Å². The van der Waals surface area contributed by atoms with Crippen molar-refractivity contribution in [1.29, 1.82) is 0 Å². The maximum atomic E-state index is 13.8. The van der Waals surface area contributed by atoms with Gasteiger partial charge in [0.05, 0.1) is 11.2 Å². The molecule has 0 aliphatic carbocycles. The van der Waals surface area contributed by atoms with E-state index in [9.17, 15) is 4.39 Å². The van der Waals surface area contributed by atoms with Gasteiger partial charge in [-0.3, -0.25) is 0 Å². The molecule has 0 spiro atoms. The Kier molecular flexibility index (Phi) is 3.88. The lowest BCUT2D eigenvalue weighted by atomic mass is 10.1. The highest BCUT2D eigenvalue weighted by Crippen LogP contribution is 2.22. The summed E-state index contributed by atoms with van der Waals surface area (Å²) in [6, 6.07) is 12.6. The van der Waals surface area contributed by atoms with E-state index in [-0.39, 0.29) is 10.8 Å². The zero-order valence-electron chi connectivity index (χ0n) is 11.0. The molecule has 5 heteroatoms. The lowest BCUT2D eigenvalue weighted by Crippen LogP contribution is -2.01. The fourth-order valence-corrected chi connectivity index (χ4v) is 2.19. The first-order valence-corrected chi connectivity index (χ1v) is 6.77. The quantitative estimate of drug-likeness (QED) is 0.756. The minimum atomic E-state index is -0.384. The fourth-order valence-electron chi connectivity index (χ4n) is 1.99. The predicted molar refractivity (Wildman–Crippen MR) is 80.7 cm³/mol. The van der Waals surface area contributed by atoms with Gasteiger partial charge in [-0.05, 0) is 30.3 Å². The van der Waals surface area contributed by atoms with Gasteiger partial charge in [-0.25, -0.2) is 9.37 Å². The van der Waals surface area contributed by atoms with E-state index in [1.807, 2.05) is 24.3 Å². The molecule has 3 rings (SSSR count). The summed E-state index contributed by atoms with van der Waals surface area (Å²) in [5.74, 6) is 0.326. The summed E-state index contributed by atoms with van der Waals surface area (Å²) in [6.07, 6.45) is 3.05. The van der Waals surface area contributed by atoms with Gasteiger partial charge in [-0.1, -0.05) is 23.7 Å². The summed E-state index contributed by atoms with van der Waals surface area (Å²) in [5.41, 5.74) is 2.35. The number of benzene rings is 2. The van der Waals surface area contributed by atoms with E-state index in [0.717, 1.165) is 11.3 Å². The van der Waals surface area contributed by atoms with E-state index in [2.05, 4.69) is 10.3 Å². The average Bonchev–Trinajstić information content (AvgIpc) is 3.04. The SMILES string of the molecule is Fc1c(Cl)cccc1CNc1ccc(-c2cnco2)cc1. The van der Waals surface area contributed by atoms with Gasteiger partial charge >= 0.3 is 0 Å². The van der Waals surface area contributed by atoms with Crippen LogP contribution in [0.5, 0.6) is 0 Å². The smallest absolute Gasteiger partial charge is 0.181 e. The molecule has 0 fully saturated rings. The van der Waals surface area contributed by atoms with E-state index in [1.165, 1.54) is 12.5 Å². The largest absolute Gasteiger partial charge is 0.444 e. The Morgan fingerprint density at radius 2 is 1.95 bits per heavy atom. The van der Waals surface area contributed by atoms with Crippen LogP contribution in [0.2, 0.25) is 5.02 Å². The molecule has 1 aromatic heterocycles. The summed E-state index contributed by atoms with van der Waals surface area (Å²) in [6.45, 7) is 0.369. The topological polar surface area (TPSA) is 38.1 Å². The van der Waals surface area contributed by atoms with Crippen molar-refractivity contribution in [3.8, 4) is 11.3 Å². The summed E-state index contributed by atoms with van der Waals surface area (Å²) >= 11 is 5.75. The molecule has 0 saturated heterocycles. The van der Waals surface area contributed by atoms with Crippen LogP contribution >= 0.6 is 11.6 Å². The molecule has 3 nitrogen and oxygen atoms in total. The molecule has 0 aliphatic heterocycles. The van der Waals surface area contributed by atoms with Crippen molar-refractivity contribution in [2.75, 3.05) is 5.32 Å². The number of hydrogen-bond acceptors (Lipinski definition) is 3. The summed E-state index contributed by atoms with van der Waals surface area (Å²) in [7, 11) is 0. The van der Waals surface area contributed by atoms with Crippen molar-refractivity contribution in [3.63, 3.8) is 0 Å². The highest BCUT2D eigenvalue weighted by atomic mass is 35.5. The van der Waals surface area contributed by atoms with Gasteiger partial charge in [0.1, 0.15) is 5.82 Å². The molecule has 2 aromatic carbocycles. The molecule has 3 aromatic rings. The summed E-state index contributed by atoms with van der Waals surface area (Å²) in [4.78, 5) is 3.88. The number of rotatable bonds is 4. The van der Waals surface area contributed by atoms with E-state index >= 15 is 0 Å². The zero-order chi connectivity index (χ0) is 14.7. The Hall–Kier alpha value is -2.33. The first-order valence-electron chi connectivity index (χ1n) is 6.40. The maximum Gasteiger partial charge on any atom is 0.181 e. The average molecular weight is 303 g/mol. The molecule has 106 valence electrons. The molecule has 0 unspecified atom stereocenters. The van der Waals surface area contributed by atoms with Crippen LogP contribution in [-0.4, -0.2) is 4.98 Å². The van der Waals surface area contributed by atoms with Crippen LogP contribution in [0.1, 0.15) is 5.56 Å². The van der Waals surface area contributed by atoms with Crippen LogP contribution in [0, 0.1) is 5.82 Å². The lowest BCUT2D eigenvalue weighted by molar-refractivity contribution is 0.572. The molecular formula is C16H12ClFN2O. The number of aromatic nitrogens is 1. The van der Waals surface area contributed by atoms with Crippen LogP contribution in [0.25, 0.3) is 11.3 Å². The van der Waals surface area contributed by atoms with Crippen molar-refractivity contribution < 1.29 is 8.81 Å². The molecule has 1 heterocycles. The van der Waals surface area contributed by atoms with Gasteiger partial charge in [-0.15, -0.1) is 0 Å². The van der Waals surface area contributed by atoms with Crippen molar-refractivity contribution in [1.82, 2.24) is 4.98 Å². The van der Waals surface area contributed by atoms with E-state index in [0.29, 0.717) is 17.9 Å². The molecular weight excluding hydrogens is 291 g/mol. The van der Waals surface area contributed by atoms with Gasteiger partial charge in [-0.2, -0.15) is 0 Å². The van der Waals surface area contributed by atoms with Gasteiger partial charge < -0.3 is 9.73 Å². The lowest BCUT2D eigenvalue weighted by Gasteiger charge is -2.08. The van der Waals surface area contributed by atoms with Gasteiger partial charge in [0.15, 0.2) is 12.2 Å². The second-order valence-electron chi connectivity index (χ2n) is 4.51. The Bertz CT molecular complexity index is 727. The predicted octanol–water partition coefficient (Wildman–Crippen LogP) is 4.75. The summed E-state index contributed by atoms with van der Waals surface area (Å²) < 4.78 is 19.0. The van der Waals surface area contributed by atoms with Crippen molar-refractivity contribution >= 4 is 17.3 Å². The minimum Gasteiger partial charge on any atom is -0.444 e. The first kappa shape index (κ1) is 13.6. The number of anilines is 1. The number of hydrogen-bond donors (Lipinski definition) is 1. The number of nitrogens with one attached hydrogen (secondary N) is 1. The monoisotopic (exact) mass is 302 g/mol. The molecule has 0 bridgehead atoms. The van der Waals surface area contributed by atoms with Gasteiger partial charge in [0.2, 0.25) is 0 Å². The Morgan fingerprint density at radius 1 is 1.14 bits per heavy atom. The minimum absolute atomic E-state index is 0.134. The maximum absolute atomic E-state index is 13.8. The van der Waals surface area contributed by atoms with Crippen LogP contribution in [0.4, 0.5) is 10.1 Å². The Labute approximate surface area is 126 Å². The first-order chi connectivity index (χ1) is 10.2. The molecule has 21 heavy (non-hydrogen) atoms. The highest BCUT2D eigenvalue weighted by Gasteiger charge is 2.06. The normalized spacial score (nSPS) is 10.6. The third-order valence-corrected chi connectivity index (χ3v) is 3.41. The zero-order valence-corrected chi connectivity index (χ0v) is 11.8. The number of oxazole rings is 1. The molecule has 1 N–H and O–H groups in total. The van der Waals surface area contributed by atoms with E-state index in [4.69, 9.17) is 16.0 Å². The molecule has 0 amide bonds. The number of halogens is 2. The molecule has 0 aliphatic rings. The second kappa shape index (κ2) is 5.97. The van der Waals surface area contributed by atoms with Gasteiger partial charge in [0, 0.05) is 23.4 Å². The second-order valence-corrected chi connectivity index (χ2v) is 4.92. The van der Waals surface area contributed by atoms with E-state index < -0.39 is 0 Å². The Morgan fingerprint density at radius 3 is 2.67 bits per heavy atom. The highest BCUT2D eigenvalue weighted by molar-refractivity contribution is 6.30. The fraction of sp³-hybridized carbons (Fsp3) is 0.0625. The van der Waals surface area contributed by atoms with Crippen LogP contribution in [-0.2, 0) is 6.54 Å². The third-order valence-electron chi connectivity index (χ3n) is 3.12. The van der Waals surface area contributed by atoms with Crippen molar-refractivity contribution in [2.24, 2.45) is 0 Å². The van der Waals surface area contributed by atoms with Crippen LogP contribution in [0.15, 0.2) is 59.5 Å². The van der Waals surface area contributed by atoms with E-state index in [1.54, 1.807) is 18.3 Å². The van der Waals surface area contributed by atoms with Gasteiger partial charge in [0.25, 0.3) is 0 Å². The van der Waals surface area contributed by atoms with Crippen LogP contribution in [0.3, 0.4) is 0 Å². The van der Waals surface area contributed by atoms with Crippen LogP contribution < -0.4 is 5.32 Å². The molecule has 0 saturated carbocycles. The standard InChI is InChI=1S/C16H12ClFN2O/c17-14-3-1-2-12(16(14)18)8-20-13-6-4-11(5-7-13)15-9-19-10-21-15/h1-7,9-10,20H,8H2. The number of nitrogens with zero attached hydrogens (tertiary/aromatic N) is 1.